The van der Waals surface area contributed by atoms with E-state index in [9.17, 15) is 0 Å². The monoisotopic (exact) mass is 351 g/mol. The van der Waals surface area contributed by atoms with E-state index in [-0.39, 0.29) is 6.04 Å². The Bertz CT molecular complexity index is 932. The summed E-state index contributed by atoms with van der Waals surface area (Å²) in [5, 5.41) is 0.750. The Hall–Kier alpha value is -3.09. The lowest BCUT2D eigenvalue weighted by atomic mass is 10.1. The second-order valence-electron chi connectivity index (χ2n) is 6.24. The average Bonchev–Trinajstić information content (AvgIpc) is 3.17. The van der Waals surface area contributed by atoms with Gasteiger partial charge in [0.15, 0.2) is 11.5 Å². The maximum Gasteiger partial charge on any atom is 0.228 e. The Labute approximate surface area is 151 Å². The van der Waals surface area contributed by atoms with Crippen LogP contribution < -0.4 is 20.1 Å². The largest absolute Gasteiger partial charge is 0.493 e. The third kappa shape index (κ3) is 2.75. The van der Waals surface area contributed by atoms with Gasteiger partial charge < -0.3 is 20.1 Å². The maximum absolute atomic E-state index is 6.23. The topological polar surface area (TPSA) is 86.4 Å². The number of aromatic nitrogens is 3. The van der Waals surface area contributed by atoms with Gasteiger partial charge in [0.2, 0.25) is 5.95 Å². The van der Waals surface area contributed by atoms with E-state index in [1.165, 1.54) is 0 Å². The van der Waals surface area contributed by atoms with Crippen LogP contribution in [0.25, 0.3) is 10.9 Å². The molecule has 3 heterocycles. The van der Waals surface area contributed by atoms with Crippen LogP contribution in [-0.4, -0.2) is 35.7 Å². The molecule has 7 heteroatoms. The molecule has 1 aromatic carbocycles. The van der Waals surface area contributed by atoms with Crippen LogP contribution in [-0.2, 0) is 0 Å². The van der Waals surface area contributed by atoms with Gasteiger partial charge in [0.05, 0.1) is 31.5 Å². The lowest BCUT2D eigenvalue weighted by Crippen LogP contribution is -2.25. The standard InChI is InChI=1S/C19H21N5O2/c1-25-16-10-12-14(11-17(16)26-2)22-19(23-18(12)20)24-9-5-7-15(24)13-6-3-4-8-21-13/h3-4,6,8,10-11,15H,5,7,9H2,1-2H3,(H2,20,22,23). The molecule has 0 radical (unpaired) electrons. The number of hydrogen-bond donors (Lipinski definition) is 1. The van der Waals surface area contributed by atoms with Gasteiger partial charge in [0, 0.05) is 24.2 Å². The van der Waals surface area contributed by atoms with Gasteiger partial charge in [-0.3, -0.25) is 4.98 Å². The van der Waals surface area contributed by atoms with Crippen LogP contribution in [0.5, 0.6) is 11.5 Å². The zero-order chi connectivity index (χ0) is 18.1. The molecule has 1 saturated heterocycles. The summed E-state index contributed by atoms with van der Waals surface area (Å²) in [6.45, 7) is 0.874. The Morgan fingerprint density at radius 2 is 1.92 bits per heavy atom. The van der Waals surface area contributed by atoms with Crippen LogP contribution >= 0.6 is 0 Å². The van der Waals surface area contributed by atoms with Crippen LogP contribution in [0.2, 0.25) is 0 Å². The predicted molar refractivity (Wildman–Crippen MR) is 101 cm³/mol. The summed E-state index contributed by atoms with van der Waals surface area (Å²) in [6, 6.07) is 9.78. The van der Waals surface area contributed by atoms with Crippen molar-refractivity contribution in [1.29, 1.82) is 0 Å². The third-order valence-corrected chi connectivity index (χ3v) is 4.76. The average molecular weight is 351 g/mol. The molecular formula is C19H21N5O2. The molecule has 3 aromatic rings. The molecule has 134 valence electrons. The van der Waals surface area contributed by atoms with Crippen molar-refractivity contribution in [3.63, 3.8) is 0 Å². The van der Waals surface area contributed by atoms with Crippen molar-refractivity contribution < 1.29 is 9.47 Å². The van der Waals surface area contributed by atoms with E-state index < -0.39 is 0 Å². The Morgan fingerprint density at radius 3 is 2.65 bits per heavy atom. The number of nitrogen functional groups attached to an aromatic ring is 1. The first-order chi connectivity index (χ1) is 12.7. The fourth-order valence-corrected chi connectivity index (χ4v) is 3.48. The molecule has 26 heavy (non-hydrogen) atoms. The minimum Gasteiger partial charge on any atom is -0.493 e. The van der Waals surface area contributed by atoms with E-state index >= 15 is 0 Å². The third-order valence-electron chi connectivity index (χ3n) is 4.76. The molecule has 1 unspecified atom stereocenters. The molecule has 1 aliphatic rings. The SMILES string of the molecule is COc1cc2nc(N3CCCC3c3ccccn3)nc(N)c2cc1OC. The van der Waals surface area contributed by atoms with Crippen LogP contribution in [0.4, 0.5) is 11.8 Å². The van der Waals surface area contributed by atoms with E-state index in [2.05, 4.69) is 14.9 Å². The number of nitrogens with two attached hydrogens (primary N) is 1. The number of benzene rings is 1. The molecule has 1 fully saturated rings. The highest BCUT2D eigenvalue weighted by Gasteiger charge is 2.29. The van der Waals surface area contributed by atoms with Crippen LogP contribution in [0.15, 0.2) is 36.5 Å². The summed E-state index contributed by atoms with van der Waals surface area (Å²) in [4.78, 5) is 16.0. The maximum atomic E-state index is 6.23. The predicted octanol–water partition coefficient (Wildman–Crippen LogP) is 2.97. The lowest BCUT2D eigenvalue weighted by Gasteiger charge is -2.24. The van der Waals surface area contributed by atoms with Crippen molar-refractivity contribution in [1.82, 2.24) is 15.0 Å². The molecular weight excluding hydrogens is 330 g/mol. The van der Waals surface area contributed by atoms with E-state index in [1.54, 1.807) is 14.2 Å². The summed E-state index contributed by atoms with van der Waals surface area (Å²) in [7, 11) is 3.20. The van der Waals surface area contributed by atoms with Crippen molar-refractivity contribution in [2.45, 2.75) is 18.9 Å². The normalized spacial score (nSPS) is 16.8. The van der Waals surface area contributed by atoms with Gasteiger partial charge in [-0.15, -0.1) is 0 Å². The highest BCUT2D eigenvalue weighted by Crippen LogP contribution is 2.37. The number of pyridine rings is 1. The van der Waals surface area contributed by atoms with Gasteiger partial charge in [0.25, 0.3) is 0 Å². The molecule has 2 N–H and O–H groups in total. The zero-order valence-corrected chi connectivity index (χ0v) is 14.8. The number of anilines is 2. The first-order valence-electron chi connectivity index (χ1n) is 8.58. The molecule has 0 bridgehead atoms. The Balaban J connectivity index is 1.79. The number of hydrogen-bond acceptors (Lipinski definition) is 7. The fourth-order valence-electron chi connectivity index (χ4n) is 3.48. The molecule has 7 nitrogen and oxygen atoms in total. The molecule has 4 rings (SSSR count). The van der Waals surface area contributed by atoms with Crippen molar-refractivity contribution in [3.05, 3.63) is 42.2 Å². The van der Waals surface area contributed by atoms with Gasteiger partial charge in [-0.1, -0.05) is 6.07 Å². The summed E-state index contributed by atoms with van der Waals surface area (Å²) in [5.41, 5.74) is 7.99. The smallest absolute Gasteiger partial charge is 0.228 e. The molecule has 2 aromatic heterocycles. The molecule has 0 spiro atoms. The first-order valence-corrected chi connectivity index (χ1v) is 8.58. The van der Waals surface area contributed by atoms with Gasteiger partial charge >= 0.3 is 0 Å². The van der Waals surface area contributed by atoms with Crippen molar-refractivity contribution >= 4 is 22.7 Å². The number of ether oxygens (including phenoxy) is 2. The Kier molecular flexibility index (Phi) is 4.20. The minimum atomic E-state index is 0.160. The van der Waals surface area contributed by atoms with Crippen LogP contribution in [0, 0.1) is 0 Å². The summed E-state index contributed by atoms with van der Waals surface area (Å²) in [5.74, 6) is 2.27. The van der Waals surface area contributed by atoms with Crippen LogP contribution in [0.3, 0.4) is 0 Å². The number of methoxy groups -OCH3 is 2. The van der Waals surface area contributed by atoms with E-state index in [0.29, 0.717) is 23.3 Å². The molecule has 0 saturated carbocycles. The zero-order valence-electron chi connectivity index (χ0n) is 14.8. The summed E-state index contributed by atoms with van der Waals surface area (Å²) >= 11 is 0. The molecule has 1 atom stereocenters. The van der Waals surface area contributed by atoms with E-state index in [0.717, 1.165) is 36.0 Å². The highest BCUT2D eigenvalue weighted by molar-refractivity contribution is 5.91. The lowest BCUT2D eigenvalue weighted by molar-refractivity contribution is 0.356. The number of rotatable bonds is 4. The molecule has 0 aliphatic carbocycles. The Morgan fingerprint density at radius 1 is 1.12 bits per heavy atom. The first kappa shape index (κ1) is 16.4. The summed E-state index contributed by atoms with van der Waals surface area (Å²) in [6.07, 6.45) is 3.90. The van der Waals surface area contributed by atoms with Crippen molar-refractivity contribution in [3.8, 4) is 11.5 Å². The van der Waals surface area contributed by atoms with Gasteiger partial charge in [-0.05, 0) is 31.0 Å². The number of fused-ring (bicyclic) bond motifs is 1. The van der Waals surface area contributed by atoms with Crippen LogP contribution in [0.1, 0.15) is 24.6 Å². The van der Waals surface area contributed by atoms with Crippen molar-refractivity contribution in [2.75, 3.05) is 31.4 Å². The number of nitrogens with zero attached hydrogens (tertiary/aromatic N) is 4. The van der Waals surface area contributed by atoms with Crippen molar-refractivity contribution in [2.24, 2.45) is 0 Å². The van der Waals surface area contributed by atoms with E-state index in [4.69, 9.17) is 20.2 Å². The van der Waals surface area contributed by atoms with E-state index in [1.807, 2.05) is 36.5 Å². The fraction of sp³-hybridized carbons (Fsp3) is 0.316. The second kappa shape index (κ2) is 6.67. The van der Waals surface area contributed by atoms with Gasteiger partial charge in [-0.25, -0.2) is 4.98 Å². The van der Waals surface area contributed by atoms with Gasteiger partial charge in [-0.2, -0.15) is 4.98 Å². The quantitative estimate of drug-likeness (QED) is 0.773. The molecule has 1 aliphatic heterocycles. The second-order valence-corrected chi connectivity index (χ2v) is 6.24. The van der Waals surface area contributed by atoms with Gasteiger partial charge in [0.1, 0.15) is 5.82 Å². The highest BCUT2D eigenvalue weighted by atomic mass is 16.5. The minimum absolute atomic E-state index is 0.160. The summed E-state index contributed by atoms with van der Waals surface area (Å²) < 4.78 is 10.7. The molecule has 0 amide bonds.